The minimum atomic E-state index is -3.47. The average molecular weight is 400 g/mol. The second-order valence-corrected chi connectivity index (χ2v) is 8.48. The summed E-state index contributed by atoms with van der Waals surface area (Å²) in [5.74, 6) is 0.460. The van der Waals surface area contributed by atoms with Gasteiger partial charge in [0, 0.05) is 32.7 Å². The van der Waals surface area contributed by atoms with Gasteiger partial charge in [-0.1, -0.05) is 12.1 Å². The summed E-state index contributed by atoms with van der Waals surface area (Å²) in [6.45, 7) is 4.44. The molecule has 0 unspecified atom stereocenters. The number of morpholine rings is 1. The van der Waals surface area contributed by atoms with Crippen molar-refractivity contribution in [1.29, 1.82) is 0 Å². The Bertz CT molecular complexity index is 687. The highest BCUT2D eigenvalue weighted by atomic mass is 32.2. The van der Waals surface area contributed by atoms with Gasteiger partial charge in [-0.25, -0.2) is 8.42 Å². The molecule has 1 heterocycles. The highest BCUT2D eigenvalue weighted by Crippen LogP contribution is 2.12. The molecule has 0 radical (unpaired) electrons. The standard InChI is InChI=1S/C18H29N3O5S/c1-25-17-5-3-16(4-6-17)7-9-21(27(2,23)24)15-18(22)19-8-10-20-11-13-26-14-12-20/h3-6H,7-15H2,1-2H3,(H,19,22). The van der Waals surface area contributed by atoms with E-state index in [0.717, 1.165) is 37.2 Å². The van der Waals surface area contributed by atoms with Crippen LogP contribution < -0.4 is 10.1 Å². The number of ether oxygens (including phenoxy) is 2. The monoisotopic (exact) mass is 399 g/mol. The maximum Gasteiger partial charge on any atom is 0.235 e. The van der Waals surface area contributed by atoms with Gasteiger partial charge < -0.3 is 14.8 Å². The van der Waals surface area contributed by atoms with Crippen LogP contribution in [0.25, 0.3) is 0 Å². The van der Waals surface area contributed by atoms with Gasteiger partial charge in [0.05, 0.1) is 33.1 Å². The SMILES string of the molecule is COc1ccc(CCN(CC(=O)NCCN2CCOCC2)S(C)(=O)=O)cc1. The number of rotatable bonds is 10. The quantitative estimate of drug-likeness (QED) is 0.593. The molecule has 0 saturated carbocycles. The molecule has 9 heteroatoms. The summed E-state index contributed by atoms with van der Waals surface area (Å²) >= 11 is 0. The fraction of sp³-hybridized carbons (Fsp3) is 0.611. The summed E-state index contributed by atoms with van der Waals surface area (Å²) in [5, 5.41) is 2.80. The Kier molecular flexibility index (Phi) is 8.49. The van der Waals surface area contributed by atoms with Crippen LogP contribution in [0.5, 0.6) is 5.75 Å². The Morgan fingerprint density at radius 2 is 1.93 bits per heavy atom. The fourth-order valence-electron chi connectivity index (χ4n) is 2.80. The third-order valence-electron chi connectivity index (χ3n) is 4.45. The van der Waals surface area contributed by atoms with Crippen molar-refractivity contribution in [3.63, 3.8) is 0 Å². The molecule has 27 heavy (non-hydrogen) atoms. The van der Waals surface area contributed by atoms with Crippen LogP contribution >= 0.6 is 0 Å². The molecule has 1 saturated heterocycles. The molecule has 1 fully saturated rings. The van der Waals surface area contributed by atoms with Crippen LogP contribution in [0.4, 0.5) is 0 Å². The van der Waals surface area contributed by atoms with E-state index in [1.54, 1.807) is 7.11 Å². The highest BCUT2D eigenvalue weighted by Gasteiger charge is 2.20. The fourth-order valence-corrected chi connectivity index (χ4v) is 3.58. The van der Waals surface area contributed by atoms with Crippen molar-refractivity contribution >= 4 is 15.9 Å². The number of methoxy groups -OCH3 is 1. The van der Waals surface area contributed by atoms with Crippen LogP contribution in [0.1, 0.15) is 5.56 Å². The van der Waals surface area contributed by atoms with Crippen molar-refractivity contribution in [2.45, 2.75) is 6.42 Å². The van der Waals surface area contributed by atoms with Gasteiger partial charge in [0.1, 0.15) is 5.75 Å². The third-order valence-corrected chi connectivity index (χ3v) is 5.70. The minimum Gasteiger partial charge on any atom is -0.497 e. The Balaban J connectivity index is 1.79. The molecule has 152 valence electrons. The van der Waals surface area contributed by atoms with E-state index in [9.17, 15) is 13.2 Å². The van der Waals surface area contributed by atoms with E-state index in [1.807, 2.05) is 24.3 Å². The van der Waals surface area contributed by atoms with Crippen LogP contribution in [-0.2, 0) is 26.0 Å². The zero-order valence-corrected chi connectivity index (χ0v) is 16.8. The third kappa shape index (κ3) is 7.84. The molecule has 0 spiro atoms. The second kappa shape index (κ2) is 10.6. The van der Waals surface area contributed by atoms with E-state index in [0.29, 0.717) is 26.2 Å². The Labute approximate surface area is 161 Å². The lowest BCUT2D eigenvalue weighted by Gasteiger charge is -2.26. The molecule has 0 bridgehead atoms. The lowest BCUT2D eigenvalue weighted by atomic mass is 10.1. The molecular weight excluding hydrogens is 370 g/mol. The molecule has 1 aliphatic heterocycles. The van der Waals surface area contributed by atoms with E-state index in [2.05, 4.69) is 10.2 Å². The van der Waals surface area contributed by atoms with Gasteiger partial charge in [-0.3, -0.25) is 9.69 Å². The molecule has 0 atom stereocenters. The number of amides is 1. The first-order valence-corrected chi connectivity index (χ1v) is 10.9. The molecule has 2 rings (SSSR count). The highest BCUT2D eigenvalue weighted by molar-refractivity contribution is 7.88. The zero-order valence-electron chi connectivity index (χ0n) is 16.0. The van der Waals surface area contributed by atoms with Crippen molar-refractivity contribution in [2.24, 2.45) is 0 Å². The van der Waals surface area contributed by atoms with E-state index < -0.39 is 10.0 Å². The molecule has 1 aliphatic rings. The van der Waals surface area contributed by atoms with Crippen molar-refractivity contribution in [1.82, 2.24) is 14.5 Å². The number of sulfonamides is 1. The topological polar surface area (TPSA) is 88.2 Å². The van der Waals surface area contributed by atoms with Crippen molar-refractivity contribution in [3.8, 4) is 5.75 Å². The number of nitrogens with one attached hydrogen (secondary N) is 1. The van der Waals surface area contributed by atoms with Gasteiger partial charge in [-0.05, 0) is 24.1 Å². The van der Waals surface area contributed by atoms with Gasteiger partial charge in [0.15, 0.2) is 0 Å². The van der Waals surface area contributed by atoms with Crippen LogP contribution in [-0.4, -0.2) is 89.4 Å². The van der Waals surface area contributed by atoms with E-state index in [-0.39, 0.29) is 19.0 Å². The predicted octanol–water partition coefficient (Wildman–Crippen LogP) is -0.0523. The largest absolute Gasteiger partial charge is 0.497 e. The molecule has 0 aliphatic carbocycles. The Morgan fingerprint density at radius 3 is 2.52 bits per heavy atom. The van der Waals surface area contributed by atoms with Gasteiger partial charge >= 0.3 is 0 Å². The molecule has 0 aromatic heterocycles. The average Bonchev–Trinajstić information content (AvgIpc) is 2.65. The van der Waals surface area contributed by atoms with Crippen LogP contribution in [0.2, 0.25) is 0 Å². The predicted molar refractivity (Wildman–Crippen MR) is 103 cm³/mol. The number of hydrogen-bond donors (Lipinski definition) is 1. The van der Waals surface area contributed by atoms with Gasteiger partial charge in [0.2, 0.25) is 15.9 Å². The van der Waals surface area contributed by atoms with Gasteiger partial charge in [-0.15, -0.1) is 0 Å². The number of benzene rings is 1. The summed E-state index contributed by atoms with van der Waals surface area (Å²) in [4.78, 5) is 14.4. The number of hydrogen-bond acceptors (Lipinski definition) is 6. The number of carbonyl (C=O) groups excluding carboxylic acids is 1. The first-order valence-electron chi connectivity index (χ1n) is 9.03. The summed E-state index contributed by atoms with van der Waals surface area (Å²) in [6, 6.07) is 7.44. The van der Waals surface area contributed by atoms with E-state index in [4.69, 9.17) is 9.47 Å². The summed E-state index contributed by atoms with van der Waals surface area (Å²) in [6.07, 6.45) is 1.65. The van der Waals surface area contributed by atoms with E-state index >= 15 is 0 Å². The molecule has 8 nitrogen and oxygen atoms in total. The first kappa shape index (κ1) is 21.6. The maximum atomic E-state index is 12.2. The maximum absolute atomic E-state index is 12.2. The van der Waals surface area contributed by atoms with E-state index in [1.165, 1.54) is 4.31 Å². The van der Waals surface area contributed by atoms with Crippen LogP contribution in [0.15, 0.2) is 24.3 Å². The molecule has 1 N–H and O–H groups in total. The Hall–Kier alpha value is -1.68. The van der Waals surface area contributed by atoms with Gasteiger partial charge in [0.25, 0.3) is 0 Å². The zero-order chi connectivity index (χ0) is 19.7. The second-order valence-electron chi connectivity index (χ2n) is 6.50. The van der Waals surface area contributed by atoms with Crippen molar-refractivity contribution in [2.75, 3.05) is 65.8 Å². The molecular formula is C18H29N3O5S. The molecule has 1 aromatic rings. The molecule has 1 aromatic carbocycles. The number of carbonyl (C=O) groups is 1. The summed E-state index contributed by atoms with van der Waals surface area (Å²) in [7, 11) is -1.87. The molecule has 1 amide bonds. The summed E-state index contributed by atoms with van der Waals surface area (Å²) in [5.41, 5.74) is 0.983. The number of nitrogens with zero attached hydrogens (tertiary/aromatic N) is 2. The first-order chi connectivity index (χ1) is 12.9. The Morgan fingerprint density at radius 1 is 1.26 bits per heavy atom. The van der Waals surface area contributed by atoms with Crippen LogP contribution in [0, 0.1) is 0 Å². The normalized spacial score (nSPS) is 15.7. The van der Waals surface area contributed by atoms with Gasteiger partial charge in [-0.2, -0.15) is 4.31 Å². The smallest absolute Gasteiger partial charge is 0.235 e. The minimum absolute atomic E-state index is 0.169. The van der Waals surface area contributed by atoms with Crippen LogP contribution in [0.3, 0.4) is 0 Å². The lowest BCUT2D eigenvalue weighted by molar-refractivity contribution is -0.121. The lowest BCUT2D eigenvalue weighted by Crippen LogP contribution is -2.45. The van der Waals surface area contributed by atoms with Crippen molar-refractivity contribution in [3.05, 3.63) is 29.8 Å². The van der Waals surface area contributed by atoms with Crippen molar-refractivity contribution < 1.29 is 22.7 Å². The summed E-state index contributed by atoms with van der Waals surface area (Å²) < 4.78 is 35.6.